The predicted molar refractivity (Wildman–Crippen MR) is 70.6 cm³/mol. The Morgan fingerprint density at radius 3 is 2.44 bits per heavy atom. The summed E-state index contributed by atoms with van der Waals surface area (Å²) in [5, 5.41) is 4.01. The minimum atomic E-state index is 0.537. The molecule has 1 heteroatoms. The molecule has 0 aromatic heterocycles. The van der Waals surface area contributed by atoms with Gasteiger partial charge in [0, 0.05) is 12.1 Å². The SMILES string of the molecule is CCC1CCCCC1NC1CCCC1(C)C. The first kappa shape index (κ1) is 12.4. The highest BCUT2D eigenvalue weighted by molar-refractivity contribution is 4.93. The third kappa shape index (κ3) is 2.61. The summed E-state index contributed by atoms with van der Waals surface area (Å²) in [4.78, 5) is 0. The van der Waals surface area contributed by atoms with Gasteiger partial charge in [-0.05, 0) is 37.0 Å². The number of hydrogen-bond donors (Lipinski definition) is 1. The first-order valence-corrected chi connectivity index (χ1v) is 7.39. The summed E-state index contributed by atoms with van der Waals surface area (Å²) in [6, 6.07) is 1.60. The van der Waals surface area contributed by atoms with Gasteiger partial charge in [0.15, 0.2) is 0 Å². The van der Waals surface area contributed by atoms with E-state index in [2.05, 4.69) is 26.1 Å². The van der Waals surface area contributed by atoms with Crippen molar-refractivity contribution in [3.8, 4) is 0 Å². The molecular formula is C15H29N. The maximum Gasteiger partial charge on any atom is 0.0121 e. The van der Waals surface area contributed by atoms with Gasteiger partial charge in [-0.15, -0.1) is 0 Å². The quantitative estimate of drug-likeness (QED) is 0.759. The minimum absolute atomic E-state index is 0.537. The van der Waals surface area contributed by atoms with E-state index in [0.717, 1.165) is 18.0 Å². The van der Waals surface area contributed by atoms with Crippen molar-refractivity contribution in [1.82, 2.24) is 5.32 Å². The van der Waals surface area contributed by atoms with E-state index in [9.17, 15) is 0 Å². The lowest BCUT2D eigenvalue weighted by Gasteiger charge is -2.38. The van der Waals surface area contributed by atoms with Gasteiger partial charge in [0.25, 0.3) is 0 Å². The predicted octanol–water partition coefficient (Wildman–Crippen LogP) is 4.12. The molecule has 0 aromatic rings. The van der Waals surface area contributed by atoms with Crippen LogP contribution in [0.1, 0.15) is 72.1 Å². The van der Waals surface area contributed by atoms with Crippen LogP contribution in [0.25, 0.3) is 0 Å². The number of rotatable bonds is 3. The van der Waals surface area contributed by atoms with Crippen LogP contribution in [-0.2, 0) is 0 Å². The fourth-order valence-corrected chi connectivity index (χ4v) is 3.81. The second-order valence-corrected chi connectivity index (χ2v) is 6.66. The van der Waals surface area contributed by atoms with E-state index < -0.39 is 0 Å². The molecule has 3 unspecified atom stereocenters. The van der Waals surface area contributed by atoms with Crippen molar-refractivity contribution in [3.63, 3.8) is 0 Å². The van der Waals surface area contributed by atoms with E-state index in [0.29, 0.717) is 5.41 Å². The molecule has 0 amide bonds. The Kier molecular flexibility index (Phi) is 3.94. The molecule has 0 aliphatic heterocycles. The van der Waals surface area contributed by atoms with Gasteiger partial charge < -0.3 is 5.32 Å². The second kappa shape index (κ2) is 5.08. The van der Waals surface area contributed by atoms with Crippen molar-refractivity contribution in [2.75, 3.05) is 0 Å². The molecule has 0 spiro atoms. The zero-order valence-corrected chi connectivity index (χ0v) is 11.4. The fraction of sp³-hybridized carbons (Fsp3) is 1.00. The summed E-state index contributed by atoms with van der Waals surface area (Å²) in [5.74, 6) is 0.949. The van der Waals surface area contributed by atoms with E-state index in [4.69, 9.17) is 0 Å². The molecule has 94 valence electrons. The van der Waals surface area contributed by atoms with Gasteiger partial charge in [-0.3, -0.25) is 0 Å². The van der Waals surface area contributed by atoms with Crippen LogP contribution in [-0.4, -0.2) is 12.1 Å². The Hall–Kier alpha value is -0.0400. The normalized spacial score (nSPS) is 38.8. The van der Waals surface area contributed by atoms with E-state index in [1.54, 1.807) is 0 Å². The molecule has 3 atom stereocenters. The van der Waals surface area contributed by atoms with Crippen LogP contribution in [0.5, 0.6) is 0 Å². The van der Waals surface area contributed by atoms with Gasteiger partial charge in [-0.2, -0.15) is 0 Å². The molecule has 0 heterocycles. The lowest BCUT2D eigenvalue weighted by molar-refractivity contribution is 0.190. The van der Waals surface area contributed by atoms with Gasteiger partial charge in [-0.1, -0.05) is 46.5 Å². The molecule has 2 aliphatic rings. The third-order valence-corrected chi connectivity index (χ3v) is 5.11. The molecule has 1 nitrogen and oxygen atoms in total. The van der Waals surface area contributed by atoms with Crippen LogP contribution in [0.15, 0.2) is 0 Å². The average Bonchev–Trinajstić information content (AvgIpc) is 2.59. The first-order valence-electron chi connectivity index (χ1n) is 7.39. The van der Waals surface area contributed by atoms with Crippen molar-refractivity contribution in [2.45, 2.75) is 84.2 Å². The highest BCUT2D eigenvalue weighted by atomic mass is 15.0. The molecule has 0 radical (unpaired) electrons. The van der Waals surface area contributed by atoms with Crippen LogP contribution in [0.3, 0.4) is 0 Å². The van der Waals surface area contributed by atoms with Crippen molar-refractivity contribution in [2.24, 2.45) is 11.3 Å². The van der Waals surface area contributed by atoms with Crippen molar-refractivity contribution in [3.05, 3.63) is 0 Å². The molecule has 2 saturated carbocycles. The van der Waals surface area contributed by atoms with Gasteiger partial charge in [0.2, 0.25) is 0 Å². The zero-order valence-electron chi connectivity index (χ0n) is 11.4. The Bertz CT molecular complexity index is 221. The Morgan fingerprint density at radius 2 is 1.81 bits per heavy atom. The molecule has 2 aliphatic carbocycles. The highest BCUT2D eigenvalue weighted by Crippen LogP contribution is 2.39. The lowest BCUT2D eigenvalue weighted by Crippen LogP contribution is -2.48. The Balaban J connectivity index is 1.92. The Morgan fingerprint density at radius 1 is 1.06 bits per heavy atom. The van der Waals surface area contributed by atoms with Crippen LogP contribution in [0.2, 0.25) is 0 Å². The Labute approximate surface area is 101 Å². The number of hydrogen-bond acceptors (Lipinski definition) is 1. The summed E-state index contributed by atoms with van der Waals surface area (Å²) in [6.07, 6.45) is 11.4. The maximum atomic E-state index is 4.01. The summed E-state index contributed by atoms with van der Waals surface area (Å²) in [6.45, 7) is 7.26. The summed E-state index contributed by atoms with van der Waals surface area (Å²) in [7, 11) is 0. The first-order chi connectivity index (χ1) is 7.63. The maximum absolute atomic E-state index is 4.01. The summed E-state index contributed by atoms with van der Waals surface area (Å²) < 4.78 is 0. The van der Waals surface area contributed by atoms with E-state index in [-0.39, 0.29) is 0 Å². The van der Waals surface area contributed by atoms with Crippen molar-refractivity contribution < 1.29 is 0 Å². The third-order valence-electron chi connectivity index (χ3n) is 5.11. The highest BCUT2D eigenvalue weighted by Gasteiger charge is 2.37. The second-order valence-electron chi connectivity index (χ2n) is 6.66. The smallest absolute Gasteiger partial charge is 0.0121 e. The molecule has 2 rings (SSSR count). The van der Waals surface area contributed by atoms with Crippen LogP contribution in [0.4, 0.5) is 0 Å². The van der Waals surface area contributed by atoms with Crippen LogP contribution >= 0.6 is 0 Å². The zero-order chi connectivity index (χ0) is 11.6. The lowest BCUT2D eigenvalue weighted by atomic mass is 9.80. The van der Waals surface area contributed by atoms with Gasteiger partial charge in [0.1, 0.15) is 0 Å². The fourth-order valence-electron chi connectivity index (χ4n) is 3.81. The summed E-state index contributed by atoms with van der Waals surface area (Å²) in [5.41, 5.74) is 0.537. The largest absolute Gasteiger partial charge is 0.310 e. The van der Waals surface area contributed by atoms with E-state index in [1.807, 2.05) is 0 Å². The molecule has 0 saturated heterocycles. The van der Waals surface area contributed by atoms with Crippen molar-refractivity contribution >= 4 is 0 Å². The summed E-state index contributed by atoms with van der Waals surface area (Å²) >= 11 is 0. The standard InChI is InChI=1S/C15H29N/c1-4-12-8-5-6-9-13(12)16-14-10-7-11-15(14,2)3/h12-14,16H,4-11H2,1-3H3. The number of nitrogens with one attached hydrogen (secondary N) is 1. The van der Waals surface area contributed by atoms with Crippen LogP contribution in [0, 0.1) is 11.3 Å². The molecule has 2 fully saturated rings. The monoisotopic (exact) mass is 223 g/mol. The average molecular weight is 223 g/mol. The van der Waals surface area contributed by atoms with Gasteiger partial charge in [0.05, 0.1) is 0 Å². The van der Waals surface area contributed by atoms with Gasteiger partial charge in [-0.25, -0.2) is 0 Å². The molecule has 0 bridgehead atoms. The molecule has 0 aromatic carbocycles. The molecule has 1 N–H and O–H groups in total. The van der Waals surface area contributed by atoms with E-state index >= 15 is 0 Å². The van der Waals surface area contributed by atoms with Crippen molar-refractivity contribution in [1.29, 1.82) is 0 Å². The molecule has 16 heavy (non-hydrogen) atoms. The topological polar surface area (TPSA) is 12.0 Å². The molecular weight excluding hydrogens is 194 g/mol. The van der Waals surface area contributed by atoms with Crippen LogP contribution < -0.4 is 5.32 Å². The van der Waals surface area contributed by atoms with Gasteiger partial charge >= 0.3 is 0 Å². The minimum Gasteiger partial charge on any atom is -0.310 e. The van der Waals surface area contributed by atoms with E-state index in [1.165, 1.54) is 51.4 Å².